The van der Waals surface area contributed by atoms with E-state index >= 15 is 0 Å². The molecule has 0 fully saturated rings. The van der Waals surface area contributed by atoms with Gasteiger partial charge in [-0.25, -0.2) is 4.79 Å². The fraction of sp³-hybridized carbons (Fsp3) is 0.133. The van der Waals surface area contributed by atoms with Crippen LogP contribution in [0.4, 0.5) is 0 Å². The zero-order chi connectivity index (χ0) is 13.8. The Hall–Kier alpha value is -2.49. The van der Waals surface area contributed by atoms with E-state index in [1.165, 1.54) is 11.6 Å². The highest BCUT2D eigenvalue weighted by Crippen LogP contribution is 2.20. The molecule has 2 heterocycles. The van der Waals surface area contributed by atoms with Crippen molar-refractivity contribution < 1.29 is 19.7 Å². The Morgan fingerprint density at radius 1 is 1.16 bits per heavy atom. The zero-order valence-electron chi connectivity index (χ0n) is 10.5. The Morgan fingerprint density at radius 3 is 2.16 bits per heavy atom. The molecule has 2 aliphatic heterocycles. The van der Waals surface area contributed by atoms with Crippen LogP contribution in [0.25, 0.3) is 0 Å². The smallest absolute Gasteiger partial charge is 0.339 e. The third-order valence-corrected chi connectivity index (χ3v) is 2.80. The highest BCUT2D eigenvalue weighted by molar-refractivity contribution is 5.91. The number of benzene rings is 2. The zero-order valence-corrected chi connectivity index (χ0v) is 10.5. The van der Waals surface area contributed by atoms with Gasteiger partial charge in [-0.1, -0.05) is 24.3 Å². The van der Waals surface area contributed by atoms with E-state index in [9.17, 15) is 9.90 Å². The van der Waals surface area contributed by atoms with Crippen molar-refractivity contribution >= 4 is 5.97 Å². The van der Waals surface area contributed by atoms with Gasteiger partial charge in [-0.05, 0) is 36.2 Å². The molecular weight excluding hydrogens is 244 g/mol. The van der Waals surface area contributed by atoms with Crippen molar-refractivity contribution in [2.45, 2.75) is 13.5 Å². The number of fused-ring (bicyclic) bond motifs is 3. The van der Waals surface area contributed by atoms with Crippen molar-refractivity contribution in [3.63, 3.8) is 0 Å². The SMILES string of the molecule is Cc1cccc(C(=O)O)c1O.c1cc2ccc1CO2. The maximum absolute atomic E-state index is 10.4. The lowest BCUT2D eigenvalue weighted by Crippen LogP contribution is -2.00. The van der Waals surface area contributed by atoms with Crippen molar-refractivity contribution in [3.8, 4) is 11.5 Å². The molecule has 4 heteroatoms. The average molecular weight is 258 g/mol. The first-order valence-corrected chi connectivity index (χ1v) is 5.81. The minimum Gasteiger partial charge on any atom is -0.507 e. The van der Waals surface area contributed by atoms with Crippen LogP contribution in [0.1, 0.15) is 21.5 Å². The van der Waals surface area contributed by atoms with Crippen molar-refractivity contribution in [1.29, 1.82) is 0 Å². The first-order chi connectivity index (χ1) is 9.08. The Labute approximate surface area is 110 Å². The molecule has 0 saturated heterocycles. The van der Waals surface area contributed by atoms with E-state index < -0.39 is 5.97 Å². The van der Waals surface area contributed by atoms with Gasteiger partial charge < -0.3 is 14.9 Å². The summed E-state index contributed by atoms with van der Waals surface area (Å²) < 4.78 is 5.18. The normalized spacial score (nSPS) is 11.2. The number of hydrogen-bond acceptors (Lipinski definition) is 3. The molecule has 0 spiro atoms. The summed E-state index contributed by atoms with van der Waals surface area (Å²) >= 11 is 0. The fourth-order valence-electron chi connectivity index (χ4n) is 1.68. The summed E-state index contributed by atoms with van der Waals surface area (Å²) in [6, 6.07) is 12.8. The number of aromatic hydroxyl groups is 1. The van der Waals surface area contributed by atoms with Gasteiger partial charge >= 0.3 is 5.97 Å². The fourth-order valence-corrected chi connectivity index (χ4v) is 1.68. The van der Waals surface area contributed by atoms with E-state index in [4.69, 9.17) is 9.84 Å². The molecule has 0 aliphatic carbocycles. The lowest BCUT2D eigenvalue weighted by molar-refractivity contribution is 0.0693. The molecule has 4 nitrogen and oxygen atoms in total. The van der Waals surface area contributed by atoms with Crippen LogP contribution >= 0.6 is 0 Å². The molecule has 0 atom stereocenters. The maximum atomic E-state index is 10.4. The molecule has 0 saturated carbocycles. The van der Waals surface area contributed by atoms with Crippen LogP contribution in [-0.4, -0.2) is 16.2 Å². The summed E-state index contributed by atoms with van der Waals surface area (Å²) in [5.41, 5.74) is 1.79. The minimum absolute atomic E-state index is 0.0509. The standard InChI is InChI=1S/C8H8O3.C7H6O/c1-5-3-2-4-6(7(5)9)8(10)11;1-3-7-4-2-6(1)5-8-7/h2-4,9H,1H3,(H,10,11);1-4H,5H2. The van der Waals surface area contributed by atoms with E-state index in [-0.39, 0.29) is 11.3 Å². The van der Waals surface area contributed by atoms with Crippen molar-refractivity contribution in [2.24, 2.45) is 0 Å². The predicted molar refractivity (Wildman–Crippen MR) is 70.6 cm³/mol. The van der Waals surface area contributed by atoms with Gasteiger partial charge in [0.1, 0.15) is 23.7 Å². The number of carboxylic acid groups (broad SMARTS) is 1. The number of phenols is 1. The number of aryl methyl sites for hydroxylation is 1. The van der Waals surface area contributed by atoms with Crippen molar-refractivity contribution in [1.82, 2.24) is 0 Å². The summed E-state index contributed by atoms with van der Waals surface area (Å²) in [5, 5.41) is 17.7. The lowest BCUT2D eigenvalue weighted by atomic mass is 10.1. The molecule has 2 aliphatic rings. The van der Waals surface area contributed by atoms with E-state index in [1.807, 2.05) is 12.1 Å². The summed E-state index contributed by atoms with van der Waals surface area (Å²) in [6.07, 6.45) is 0. The molecule has 98 valence electrons. The minimum atomic E-state index is -1.11. The van der Waals surface area contributed by atoms with Crippen LogP contribution in [0.3, 0.4) is 0 Å². The number of carboxylic acids is 1. The molecule has 2 bridgehead atoms. The summed E-state index contributed by atoms with van der Waals surface area (Å²) in [6.45, 7) is 2.42. The Balaban J connectivity index is 0.000000146. The van der Waals surface area contributed by atoms with Gasteiger partial charge in [0.2, 0.25) is 0 Å². The van der Waals surface area contributed by atoms with Gasteiger partial charge in [0.05, 0.1) is 0 Å². The monoisotopic (exact) mass is 258 g/mol. The Bertz CT molecular complexity index is 565. The van der Waals surface area contributed by atoms with Gasteiger partial charge in [0.15, 0.2) is 0 Å². The highest BCUT2D eigenvalue weighted by Gasteiger charge is 2.09. The number of para-hydroxylation sites is 1. The van der Waals surface area contributed by atoms with Gasteiger partial charge in [0.25, 0.3) is 0 Å². The largest absolute Gasteiger partial charge is 0.507 e. The van der Waals surface area contributed by atoms with Crippen molar-refractivity contribution in [2.75, 3.05) is 0 Å². The van der Waals surface area contributed by atoms with E-state index in [0.29, 0.717) is 5.56 Å². The van der Waals surface area contributed by atoms with Crippen LogP contribution in [0.2, 0.25) is 0 Å². The number of hydrogen-bond donors (Lipinski definition) is 2. The Morgan fingerprint density at radius 2 is 1.84 bits per heavy atom. The summed E-state index contributed by atoms with van der Waals surface area (Å²) in [4.78, 5) is 10.4. The second kappa shape index (κ2) is 5.44. The second-order valence-corrected chi connectivity index (χ2v) is 4.21. The molecular formula is C15H14O4. The second-order valence-electron chi connectivity index (χ2n) is 4.21. The molecule has 2 aromatic carbocycles. The van der Waals surface area contributed by atoms with Crippen LogP contribution in [0.15, 0.2) is 42.5 Å². The van der Waals surface area contributed by atoms with Crippen molar-refractivity contribution in [3.05, 3.63) is 59.2 Å². The number of ether oxygens (including phenoxy) is 1. The molecule has 0 aromatic heterocycles. The molecule has 4 rings (SSSR count). The molecule has 2 aromatic rings. The van der Waals surface area contributed by atoms with Crippen LogP contribution < -0.4 is 4.74 Å². The first kappa shape index (κ1) is 13.0. The number of aromatic carboxylic acids is 1. The van der Waals surface area contributed by atoms with E-state index in [0.717, 1.165) is 12.4 Å². The van der Waals surface area contributed by atoms with Gasteiger partial charge in [0, 0.05) is 0 Å². The van der Waals surface area contributed by atoms with Crippen LogP contribution in [0.5, 0.6) is 11.5 Å². The van der Waals surface area contributed by atoms with E-state index in [2.05, 4.69) is 12.1 Å². The Kier molecular flexibility index (Phi) is 3.71. The average Bonchev–Trinajstić information content (AvgIpc) is 2.44. The van der Waals surface area contributed by atoms with E-state index in [1.54, 1.807) is 19.1 Å². The number of carbonyl (C=O) groups is 1. The number of rotatable bonds is 1. The van der Waals surface area contributed by atoms with Crippen LogP contribution in [0, 0.1) is 6.92 Å². The van der Waals surface area contributed by atoms with Crippen LogP contribution in [-0.2, 0) is 6.61 Å². The molecule has 19 heavy (non-hydrogen) atoms. The molecule has 2 N–H and O–H groups in total. The van der Waals surface area contributed by atoms with Gasteiger partial charge in [-0.3, -0.25) is 0 Å². The summed E-state index contributed by atoms with van der Waals surface area (Å²) in [7, 11) is 0. The van der Waals surface area contributed by atoms with Gasteiger partial charge in [-0.2, -0.15) is 0 Å². The summed E-state index contributed by atoms with van der Waals surface area (Å²) in [5.74, 6) is -0.272. The lowest BCUT2D eigenvalue weighted by Gasteiger charge is -2.11. The predicted octanol–water partition coefficient (Wildman–Crippen LogP) is 2.98. The van der Waals surface area contributed by atoms with Gasteiger partial charge in [-0.15, -0.1) is 0 Å². The highest BCUT2D eigenvalue weighted by atomic mass is 16.5. The molecule has 0 radical (unpaired) electrons. The third-order valence-electron chi connectivity index (χ3n) is 2.80. The quantitative estimate of drug-likeness (QED) is 0.825. The molecule has 0 unspecified atom stereocenters. The topological polar surface area (TPSA) is 66.8 Å². The molecule has 0 amide bonds. The first-order valence-electron chi connectivity index (χ1n) is 5.81. The third kappa shape index (κ3) is 3.04. The maximum Gasteiger partial charge on any atom is 0.339 e.